The molecule has 7 rings (SSSR count). The van der Waals surface area contributed by atoms with Crippen LogP contribution in [0.5, 0.6) is 0 Å². The van der Waals surface area contributed by atoms with Crippen LogP contribution in [0.25, 0.3) is 55.2 Å². The standard InChI is InChI=1S/C35H28N2/c1-23(17-18-24(2)37-31-15-9-6-11-26(31)27-12-7-10-16-32(27)37)36-22-21-25-19-20-30-33(34(25)36)28-13-5-8-14-29(28)35(30,3)4/h5-22H,1-2H2,3-4H3. The Morgan fingerprint density at radius 2 is 1.30 bits per heavy atom. The molecule has 2 aromatic heterocycles. The van der Waals surface area contributed by atoms with Crippen LogP contribution in [0.1, 0.15) is 25.0 Å². The largest absolute Gasteiger partial charge is 0.317 e. The van der Waals surface area contributed by atoms with Crippen LogP contribution in [0, 0.1) is 0 Å². The van der Waals surface area contributed by atoms with E-state index in [4.69, 9.17) is 0 Å². The zero-order valence-corrected chi connectivity index (χ0v) is 21.2. The summed E-state index contributed by atoms with van der Waals surface area (Å²) in [5.41, 5.74) is 10.7. The molecule has 37 heavy (non-hydrogen) atoms. The lowest BCUT2D eigenvalue weighted by atomic mass is 9.82. The van der Waals surface area contributed by atoms with Crippen molar-refractivity contribution in [3.8, 4) is 11.1 Å². The van der Waals surface area contributed by atoms with Crippen molar-refractivity contribution in [3.63, 3.8) is 0 Å². The Morgan fingerprint density at radius 1 is 0.676 bits per heavy atom. The van der Waals surface area contributed by atoms with Crippen LogP contribution in [-0.4, -0.2) is 9.13 Å². The molecule has 2 heteroatoms. The summed E-state index contributed by atoms with van der Waals surface area (Å²) in [5.74, 6) is 0. The average molecular weight is 477 g/mol. The molecule has 0 N–H and O–H groups in total. The van der Waals surface area contributed by atoms with Crippen molar-refractivity contribution in [2.75, 3.05) is 0 Å². The smallest absolute Gasteiger partial charge is 0.0609 e. The number of nitrogens with zero attached hydrogens (tertiary/aromatic N) is 2. The van der Waals surface area contributed by atoms with E-state index < -0.39 is 0 Å². The van der Waals surface area contributed by atoms with Gasteiger partial charge in [0, 0.05) is 44.7 Å². The molecule has 0 atom stereocenters. The highest BCUT2D eigenvalue weighted by atomic mass is 15.0. The number of aromatic nitrogens is 2. The van der Waals surface area contributed by atoms with E-state index in [0.29, 0.717) is 0 Å². The Labute approximate surface area is 217 Å². The summed E-state index contributed by atoms with van der Waals surface area (Å²) in [6.45, 7) is 13.6. The first-order valence-corrected chi connectivity index (χ1v) is 12.8. The molecule has 0 saturated carbocycles. The van der Waals surface area contributed by atoms with E-state index in [1.807, 2.05) is 0 Å². The van der Waals surface area contributed by atoms with Crippen LogP contribution in [0.3, 0.4) is 0 Å². The van der Waals surface area contributed by atoms with Crippen molar-refractivity contribution in [1.29, 1.82) is 0 Å². The highest BCUT2D eigenvalue weighted by Crippen LogP contribution is 2.51. The van der Waals surface area contributed by atoms with Gasteiger partial charge in [-0.05, 0) is 47.0 Å². The summed E-state index contributed by atoms with van der Waals surface area (Å²) < 4.78 is 4.46. The number of hydrogen-bond donors (Lipinski definition) is 0. The van der Waals surface area contributed by atoms with Crippen molar-refractivity contribution in [2.45, 2.75) is 19.3 Å². The van der Waals surface area contributed by atoms with E-state index in [1.165, 1.54) is 43.9 Å². The third-order valence-electron chi connectivity index (χ3n) is 8.04. The second-order valence-electron chi connectivity index (χ2n) is 10.5. The Bertz CT molecular complexity index is 1880. The van der Waals surface area contributed by atoms with Gasteiger partial charge >= 0.3 is 0 Å². The van der Waals surface area contributed by atoms with E-state index >= 15 is 0 Å². The molecule has 2 nitrogen and oxygen atoms in total. The number of hydrogen-bond acceptors (Lipinski definition) is 0. The lowest BCUT2D eigenvalue weighted by molar-refractivity contribution is 0.661. The minimum absolute atomic E-state index is 0.0305. The average Bonchev–Trinajstić information content (AvgIpc) is 3.56. The number of fused-ring (bicyclic) bond motifs is 8. The zero-order valence-electron chi connectivity index (χ0n) is 21.2. The van der Waals surface area contributed by atoms with Crippen LogP contribution < -0.4 is 0 Å². The zero-order chi connectivity index (χ0) is 25.3. The number of rotatable bonds is 4. The van der Waals surface area contributed by atoms with Crippen LogP contribution in [-0.2, 0) is 5.41 Å². The van der Waals surface area contributed by atoms with E-state index in [9.17, 15) is 0 Å². The van der Waals surface area contributed by atoms with Crippen molar-refractivity contribution in [2.24, 2.45) is 0 Å². The van der Waals surface area contributed by atoms with Gasteiger partial charge in [-0.15, -0.1) is 0 Å². The van der Waals surface area contributed by atoms with Crippen molar-refractivity contribution >= 4 is 44.1 Å². The molecule has 0 saturated heterocycles. The van der Waals surface area contributed by atoms with Crippen molar-refractivity contribution in [3.05, 3.63) is 134 Å². The fraction of sp³-hybridized carbons (Fsp3) is 0.0857. The molecule has 4 aromatic carbocycles. The Hall–Kier alpha value is -4.56. The third kappa shape index (κ3) is 2.99. The second kappa shape index (κ2) is 7.72. The molecule has 2 heterocycles. The summed E-state index contributed by atoms with van der Waals surface area (Å²) in [6, 6.07) is 32.5. The first-order chi connectivity index (χ1) is 18.0. The predicted octanol–water partition coefficient (Wildman–Crippen LogP) is 9.25. The van der Waals surface area contributed by atoms with Crippen molar-refractivity contribution in [1.82, 2.24) is 9.13 Å². The summed E-state index contributed by atoms with van der Waals surface area (Å²) in [7, 11) is 0. The highest BCUT2D eigenvalue weighted by molar-refractivity contribution is 6.10. The van der Waals surface area contributed by atoms with Crippen LogP contribution >= 0.6 is 0 Å². The lowest BCUT2D eigenvalue weighted by Gasteiger charge is -2.21. The Balaban J connectivity index is 1.33. The van der Waals surface area contributed by atoms with Crippen LogP contribution in [0.4, 0.5) is 0 Å². The molecule has 1 aliphatic rings. The quantitative estimate of drug-likeness (QED) is 0.224. The van der Waals surface area contributed by atoms with E-state index in [2.05, 4.69) is 145 Å². The Kier molecular flexibility index (Phi) is 4.53. The lowest BCUT2D eigenvalue weighted by Crippen LogP contribution is -2.14. The molecule has 0 spiro atoms. The predicted molar refractivity (Wildman–Crippen MR) is 159 cm³/mol. The van der Waals surface area contributed by atoms with Gasteiger partial charge in [-0.25, -0.2) is 0 Å². The van der Waals surface area contributed by atoms with E-state index in [-0.39, 0.29) is 5.41 Å². The molecular formula is C35H28N2. The molecule has 6 aromatic rings. The van der Waals surface area contributed by atoms with E-state index in [1.54, 1.807) is 0 Å². The molecule has 0 bridgehead atoms. The molecule has 0 fully saturated rings. The number of benzene rings is 4. The topological polar surface area (TPSA) is 9.86 Å². The maximum absolute atomic E-state index is 4.47. The fourth-order valence-electron chi connectivity index (χ4n) is 6.23. The van der Waals surface area contributed by atoms with Gasteiger partial charge in [-0.1, -0.05) is 99.8 Å². The first kappa shape index (κ1) is 21.7. The van der Waals surface area contributed by atoms with Crippen LogP contribution in [0.2, 0.25) is 0 Å². The highest BCUT2D eigenvalue weighted by Gasteiger charge is 2.36. The third-order valence-corrected chi connectivity index (χ3v) is 8.04. The molecule has 0 aliphatic heterocycles. The van der Waals surface area contributed by atoms with Crippen LogP contribution in [0.15, 0.2) is 123 Å². The monoisotopic (exact) mass is 476 g/mol. The SMILES string of the molecule is C=C(C=CC(=C)n1c2ccccc2c2ccccc21)n1ccc2ccc3c(c21)-c1ccccc1C3(C)C. The molecular weight excluding hydrogens is 448 g/mol. The van der Waals surface area contributed by atoms with Gasteiger partial charge in [0.25, 0.3) is 0 Å². The number of allylic oxidation sites excluding steroid dienone is 4. The van der Waals surface area contributed by atoms with Gasteiger partial charge in [0.1, 0.15) is 0 Å². The maximum atomic E-state index is 4.47. The maximum Gasteiger partial charge on any atom is 0.0609 e. The molecule has 0 unspecified atom stereocenters. The van der Waals surface area contributed by atoms with Gasteiger partial charge in [0.15, 0.2) is 0 Å². The Morgan fingerprint density at radius 3 is 2.03 bits per heavy atom. The second-order valence-corrected chi connectivity index (χ2v) is 10.5. The van der Waals surface area contributed by atoms with Gasteiger partial charge in [-0.2, -0.15) is 0 Å². The fourth-order valence-corrected chi connectivity index (χ4v) is 6.23. The molecule has 178 valence electrons. The molecule has 0 amide bonds. The van der Waals surface area contributed by atoms with Crippen molar-refractivity contribution < 1.29 is 0 Å². The normalized spacial score (nSPS) is 14.0. The summed E-state index contributed by atoms with van der Waals surface area (Å²) in [4.78, 5) is 0. The van der Waals surface area contributed by atoms with Gasteiger partial charge in [-0.3, -0.25) is 0 Å². The van der Waals surface area contributed by atoms with Gasteiger partial charge in [0.2, 0.25) is 0 Å². The summed E-state index contributed by atoms with van der Waals surface area (Å²) >= 11 is 0. The summed E-state index contributed by atoms with van der Waals surface area (Å²) in [6.07, 6.45) is 6.29. The van der Waals surface area contributed by atoms with Gasteiger partial charge < -0.3 is 9.13 Å². The first-order valence-electron chi connectivity index (χ1n) is 12.8. The van der Waals surface area contributed by atoms with Gasteiger partial charge in [0.05, 0.1) is 16.6 Å². The number of para-hydroxylation sites is 2. The minimum atomic E-state index is -0.0305. The molecule has 1 aliphatic carbocycles. The summed E-state index contributed by atoms with van der Waals surface area (Å²) in [5, 5.41) is 3.70. The molecule has 0 radical (unpaired) electrons. The van der Waals surface area contributed by atoms with E-state index in [0.717, 1.165) is 22.4 Å². The minimum Gasteiger partial charge on any atom is -0.317 e.